The molecular formula is C21H22N2O7. The van der Waals surface area contributed by atoms with Crippen molar-refractivity contribution in [3.63, 3.8) is 0 Å². The maximum atomic E-state index is 12.1. The van der Waals surface area contributed by atoms with Crippen molar-refractivity contribution in [2.45, 2.75) is 13.0 Å². The van der Waals surface area contributed by atoms with Crippen LogP contribution in [-0.2, 0) is 14.3 Å². The predicted molar refractivity (Wildman–Crippen MR) is 109 cm³/mol. The Kier molecular flexibility index (Phi) is 7.92. The Hall–Kier alpha value is -3.88. The highest BCUT2D eigenvalue weighted by Crippen LogP contribution is 2.29. The second kappa shape index (κ2) is 10.6. The average Bonchev–Trinajstić information content (AvgIpc) is 2.75. The molecule has 0 aliphatic heterocycles. The molecule has 0 bridgehead atoms. The Morgan fingerprint density at radius 2 is 1.93 bits per heavy atom. The predicted octanol–water partition coefficient (Wildman–Crippen LogP) is 3.05. The van der Waals surface area contributed by atoms with Crippen molar-refractivity contribution in [3.8, 4) is 11.5 Å². The van der Waals surface area contributed by atoms with E-state index in [1.54, 1.807) is 31.2 Å². The van der Waals surface area contributed by atoms with Crippen LogP contribution in [-0.4, -0.2) is 37.6 Å². The number of methoxy groups -OCH3 is 2. The fourth-order valence-electron chi connectivity index (χ4n) is 2.63. The Morgan fingerprint density at radius 1 is 1.17 bits per heavy atom. The van der Waals surface area contributed by atoms with Crippen molar-refractivity contribution in [2.24, 2.45) is 0 Å². The Labute approximate surface area is 173 Å². The fraction of sp³-hybridized carbons (Fsp3) is 0.238. The van der Waals surface area contributed by atoms with Crippen LogP contribution in [0.25, 0.3) is 6.08 Å². The third-order valence-electron chi connectivity index (χ3n) is 4.12. The topological polar surface area (TPSA) is 117 Å². The minimum absolute atomic E-state index is 0.0909. The normalized spacial score (nSPS) is 11.6. The van der Waals surface area contributed by atoms with Crippen molar-refractivity contribution in [2.75, 3.05) is 20.8 Å². The number of nitrogens with zero attached hydrogens (tertiary/aromatic N) is 1. The van der Waals surface area contributed by atoms with Gasteiger partial charge in [0.2, 0.25) is 0 Å². The molecule has 1 unspecified atom stereocenters. The van der Waals surface area contributed by atoms with Gasteiger partial charge in [0.15, 0.2) is 6.61 Å². The minimum atomic E-state index is -0.747. The largest absolute Gasteiger partial charge is 0.497 e. The molecule has 1 amide bonds. The summed E-state index contributed by atoms with van der Waals surface area (Å²) in [5.74, 6) is -0.0437. The molecule has 0 aliphatic carbocycles. The summed E-state index contributed by atoms with van der Waals surface area (Å²) in [5, 5.41) is 13.5. The lowest BCUT2D eigenvalue weighted by Crippen LogP contribution is -2.31. The van der Waals surface area contributed by atoms with Crippen LogP contribution in [0.4, 0.5) is 5.69 Å². The van der Waals surface area contributed by atoms with Gasteiger partial charge in [-0.2, -0.15) is 0 Å². The van der Waals surface area contributed by atoms with Gasteiger partial charge in [-0.15, -0.1) is 0 Å². The summed E-state index contributed by atoms with van der Waals surface area (Å²) in [6, 6.07) is 10.6. The van der Waals surface area contributed by atoms with Crippen molar-refractivity contribution >= 4 is 23.6 Å². The van der Waals surface area contributed by atoms with Gasteiger partial charge >= 0.3 is 5.97 Å². The monoisotopic (exact) mass is 414 g/mol. The van der Waals surface area contributed by atoms with Gasteiger partial charge in [-0.25, -0.2) is 4.79 Å². The number of hydrogen-bond acceptors (Lipinski definition) is 7. The van der Waals surface area contributed by atoms with Crippen molar-refractivity contribution in [3.05, 3.63) is 69.8 Å². The lowest BCUT2D eigenvalue weighted by Gasteiger charge is -2.18. The molecule has 2 aromatic carbocycles. The summed E-state index contributed by atoms with van der Waals surface area (Å²) in [5.41, 5.74) is 1.08. The molecule has 158 valence electrons. The Morgan fingerprint density at radius 3 is 2.60 bits per heavy atom. The highest BCUT2D eigenvalue weighted by molar-refractivity contribution is 5.89. The molecule has 2 rings (SSSR count). The molecule has 0 saturated heterocycles. The van der Waals surface area contributed by atoms with Gasteiger partial charge < -0.3 is 19.5 Å². The van der Waals surface area contributed by atoms with E-state index in [1.807, 2.05) is 0 Å². The maximum Gasteiger partial charge on any atom is 0.331 e. The first-order valence-corrected chi connectivity index (χ1v) is 8.94. The summed E-state index contributed by atoms with van der Waals surface area (Å²) in [4.78, 5) is 34.2. The van der Waals surface area contributed by atoms with E-state index in [-0.39, 0.29) is 5.69 Å². The number of esters is 1. The lowest BCUT2D eigenvalue weighted by molar-refractivity contribution is -0.384. The Bertz CT molecular complexity index is 956. The first kappa shape index (κ1) is 22.4. The number of nitro benzene ring substituents is 1. The highest BCUT2D eigenvalue weighted by Gasteiger charge is 2.16. The maximum absolute atomic E-state index is 12.1. The summed E-state index contributed by atoms with van der Waals surface area (Å²) in [6.45, 7) is 1.29. The number of nitrogens with one attached hydrogen (secondary N) is 1. The standard InChI is InChI=1S/C21H22N2O7/c1-14(18-12-17(28-2)8-9-19(18)29-3)22-20(24)13-30-21(25)10-7-15-5-4-6-16(11-15)23(26)27/h4-12,14H,13H2,1-3H3,(H,22,24)/b10-7+. The van der Waals surface area contributed by atoms with Gasteiger partial charge in [0, 0.05) is 23.8 Å². The quantitative estimate of drug-likeness (QED) is 0.290. The molecule has 9 nitrogen and oxygen atoms in total. The molecule has 2 aromatic rings. The van der Waals surface area contributed by atoms with Gasteiger partial charge in [-0.3, -0.25) is 14.9 Å². The number of ether oxygens (including phenoxy) is 3. The van der Waals surface area contributed by atoms with E-state index in [2.05, 4.69) is 5.32 Å². The third kappa shape index (κ3) is 6.33. The van der Waals surface area contributed by atoms with E-state index >= 15 is 0 Å². The van der Waals surface area contributed by atoms with Gasteiger partial charge in [0.1, 0.15) is 11.5 Å². The van der Waals surface area contributed by atoms with Crippen LogP contribution < -0.4 is 14.8 Å². The van der Waals surface area contributed by atoms with E-state index in [9.17, 15) is 19.7 Å². The van der Waals surface area contributed by atoms with Crippen LogP contribution in [0.5, 0.6) is 11.5 Å². The van der Waals surface area contributed by atoms with E-state index in [0.29, 0.717) is 22.6 Å². The van der Waals surface area contributed by atoms with Crippen LogP contribution in [0.1, 0.15) is 24.1 Å². The third-order valence-corrected chi connectivity index (χ3v) is 4.12. The molecule has 0 fully saturated rings. The number of carbonyl (C=O) groups excluding carboxylic acids is 2. The summed E-state index contributed by atoms with van der Waals surface area (Å²) < 4.78 is 15.4. The molecule has 1 N–H and O–H groups in total. The van der Waals surface area contributed by atoms with E-state index in [1.165, 1.54) is 38.5 Å². The summed E-state index contributed by atoms with van der Waals surface area (Å²) >= 11 is 0. The smallest absolute Gasteiger partial charge is 0.331 e. The molecule has 0 saturated carbocycles. The molecular weight excluding hydrogens is 392 g/mol. The number of hydrogen-bond donors (Lipinski definition) is 1. The summed E-state index contributed by atoms with van der Waals surface area (Å²) in [6.07, 6.45) is 2.47. The van der Waals surface area contributed by atoms with Gasteiger partial charge in [0.25, 0.3) is 11.6 Å². The van der Waals surface area contributed by atoms with Crippen LogP contribution in [0.2, 0.25) is 0 Å². The van der Waals surface area contributed by atoms with Crippen molar-refractivity contribution < 1.29 is 28.7 Å². The number of amides is 1. The van der Waals surface area contributed by atoms with Crippen LogP contribution in [0.3, 0.4) is 0 Å². The van der Waals surface area contributed by atoms with Crippen molar-refractivity contribution in [1.29, 1.82) is 0 Å². The van der Waals surface area contributed by atoms with Crippen LogP contribution in [0, 0.1) is 10.1 Å². The molecule has 0 aromatic heterocycles. The molecule has 0 aliphatic rings. The molecule has 0 spiro atoms. The highest BCUT2D eigenvalue weighted by atomic mass is 16.6. The van der Waals surface area contributed by atoms with E-state index in [0.717, 1.165) is 6.08 Å². The zero-order valence-corrected chi connectivity index (χ0v) is 16.8. The molecule has 1 atom stereocenters. The van der Waals surface area contributed by atoms with Crippen molar-refractivity contribution in [1.82, 2.24) is 5.32 Å². The number of benzene rings is 2. The molecule has 30 heavy (non-hydrogen) atoms. The molecule has 0 heterocycles. The fourth-order valence-corrected chi connectivity index (χ4v) is 2.63. The average molecular weight is 414 g/mol. The van der Waals surface area contributed by atoms with Gasteiger partial charge in [-0.05, 0) is 36.8 Å². The molecule has 0 radical (unpaired) electrons. The zero-order chi connectivity index (χ0) is 22.1. The Balaban J connectivity index is 1.90. The van der Waals surface area contributed by atoms with E-state index in [4.69, 9.17) is 14.2 Å². The minimum Gasteiger partial charge on any atom is -0.497 e. The van der Waals surface area contributed by atoms with E-state index < -0.39 is 29.4 Å². The first-order valence-electron chi connectivity index (χ1n) is 8.94. The SMILES string of the molecule is COc1ccc(OC)c(C(C)NC(=O)COC(=O)/C=C/c2cccc([N+](=O)[O-])c2)c1. The zero-order valence-electron chi connectivity index (χ0n) is 16.8. The number of rotatable bonds is 9. The van der Waals surface area contributed by atoms with Crippen LogP contribution in [0.15, 0.2) is 48.5 Å². The van der Waals surface area contributed by atoms with Crippen LogP contribution >= 0.6 is 0 Å². The second-order valence-corrected chi connectivity index (χ2v) is 6.19. The number of nitro groups is 1. The summed E-state index contributed by atoms with van der Waals surface area (Å²) in [7, 11) is 3.06. The number of carbonyl (C=O) groups is 2. The molecule has 9 heteroatoms. The lowest BCUT2D eigenvalue weighted by atomic mass is 10.1. The van der Waals surface area contributed by atoms with Gasteiger partial charge in [0.05, 0.1) is 25.2 Å². The second-order valence-electron chi connectivity index (χ2n) is 6.19. The first-order chi connectivity index (χ1) is 14.3. The number of non-ortho nitro benzene ring substituents is 1. The van der Waals surface area contributed by atoms with Gasteiger partial charge in [-0.1, -0.05) is 12.1 Å².